The maximum atomic E-state index is 10.9. The summed E-state index contributed by atoms with van der Waals surface area (Å²) >= 11 is 0. The molecular weight excluding hydrogens is 220 g/mol. The van der Waals surface area contributed by atoms with Gasteiger partial charge in [-0.3, -0.25) is 4.79 Å². The van der Waals surface area contributed by atoms with E-state index in [0.717, 1.165) is 5.56 Å². The summed E-state index contributed by atoms with van der Waals surface area (Å²) in [6.45, 7) is 2.46. The Morgan fingerprint density at radius 3 is 2.65 bits per heavy atom. The normalized spacial score (nSPS) is 9.82. The monoisotopic (exact) mass is 238 g/mol. The highest BCUT2D eigenvalue weighted by Crippen LogP contribution is 2.27. The number of aryl methyl sites for hydroxylation is 1. The van der Waals surface area contributed by atoms with Crippen molar-refractivity contribution in [2.24, 2.45) is 0 Å². The van der Waals surface area contributed by atoms with E-state index >= 15 is 0 Å². The van der Waals surface area contributed by atoms with Crippen LogP contribution in [0.15, 0.2) is 18.2 Å². The summed E-state index contributed by atoms with van der Waals surface area (Å²) in [6, 6.07) is 5.74. The number of hydrogen-bond acceptors (Lipinski definition) is 4. The van der Waals surface area contributed by atoms with Crippen molar-refractivity contribution in [1.29, 1.82) is 0 Å². The summed E-state index contributed by atoms with van der Waals surface area (Å²) in [5, 5.41) is 0. The quantitative estimate of drug-likeness (QED) is 0.563. The summed E-state index contributed by atoms with van der Waals surface area (Å²) in [7, 11) is 2.99. The van der Waals surface area contributed by atoms with Crippen molar-refractivity contribution >= 4 is 5.97 Å². The molecule has 0 amide bonds. The number of carbonyl (C=O) groups is 1. The molecule has 0 N–H and O–H groups in total. The van der Waals surface area contributed by atoms with Crippen molar-refractivity contribution in [3.63, 3.8) is 0 Å². The van der Waals surface area contributed by atoms with Crippen LogP contribution in [0.5, 0.6) is 11.5 Å². The molecule has 0 unspecified atom stereocenters. The molecule has 0 aliphatic rings. The zero-order valence-corrected chi connectivity index (χ0v) is 10.5. The fourth-order valence-electron chi connectivity index (χ4n) is 1.39. The molecule has 4 heteroatoms. The molecule has 0 aliphatic carbocycles. The number of hydrogen-bond donors (Lipinski definition) is 0. The first kappa shape index (κ1) is 13.4. The molecule has 0 radical (unpaired) electrons. The first-order chi connectivity index (χ1) is 8.17. The highest BCUT2D eigenvalue weighted by molar-refractivity contribution is 5.69. The van der Waals surface area contributed by atoms with Gasteiger partial charge in [0.1, 0.15) is 0 Å². The third-order valence-corrected chi connectivity index (χ3v) is 2.33. The van der Waals surface area contributed by atoms with Crippen LogP contribution in [0.1, 0.15) is 18.4 Å². The number of benzene rings is 1. The van der Waals surface area contributed by atoms with Gasteiger partial charge in [0, 0.05) is 6.42 Å². The molecule has 0 saturated heterocycles. The van der Waals surface area contributed by atoms with E-state index in [4.69, 9.17) is 9.47 Å². The van der Waals surface area contributed by atoms with Gasteiger partial charge < -0.3 is 14.2 Å². The lowest BCUT2D eigenvalue weighted by Crippen LogP contribution is -2.05. The minimum absolute atomic E-state index is 0.218. The largest absolute Gasteiger partial charge is 0.493 e. The molecule has 0 atom stereocenters. The van der Waals surface area contributed by atoms with Gasteiger partial charge in [0.15, 0.2) is 11.5 Å². The second-order valence-electron chi connectivity index (χ2n) is 3.68. The van der Waals surface area contributed by atoms with Crippen LogP contribution in [0.2, 0.25) is 0 Å². The summed E-state index contributed by atoms with van der Waals surface area (Å²) < 4.78 is 15.3. The van der Waals surface area contributed by atoms with Gasteiger partial charge in [-0.1, -0.05) is 6.07 Å². The Labute approximate surface area is 101 Å². The van der Waals surface area contributed by atoms with Gasteiger partial charge in [0.2, 0.25) is 0 Å². The van der Waals surface area contributed by atoms with Crippen molar-refractivity contribution in [2.45, 2.75) is 19.8 Å². The summed E-state index contributed by atoms with van der Waals surface area (Å²) in [5.74, 6) is 1.19. The number of rotatable bonds is 6. The van der Waals surface area contributed by atoms with Crippen molar-refractivity contribution in [2.75, 3.05) is 20.8 Å². The van der Waals surface area contributed by atoms with Crippen LogP contribution in [0, 0.1) is 6.92 Å². The molecular formula is C13H18O4. The molecule has 0 heterocycles. The predicted molar refractivity (Wildman–Crippen MR) is 64.5 cm³/mol. The Bertz CT molecular complexity index is 374. The Morgan fingerprint density at radius 2 is 2.00 bits per heavy atom. The third-order valence-electron chi connectivity index (χ3n) is 2.33. The number of methoxy groups -OCH3 is 2. The van der Waals surface area contributed by atoms with Crippen LogP contribution < -0.4 is 9.47 Å². The zero-order chi connectivity index (χ0) is 12.7. The van der Waals surface area contributed by atoms with E-state index in [1.54, 1.807) is 7.11 Å². The molecule has 1 aromatic carbocycles. The fourth-order valence-corrected chi connectivity index (χ4v) is 1.39. The van der Waals surface area contributed by atoms with Crippen LogP contribution in [0.4, 0.5) is 0 Å². The van der Waals surface area contributed by atoms with Crippen LogP contribution >= 0.6 is 0 Å². The van der Waals surface area contributed by atoms with E-state index in [1.807, 2.05) is 25.1 Å². The third kappa shape index (κ3) is 4.34. The Kier molecular flexibility index (Phi) is 5.33. The van der Waals surface area contributed by atoms with Crippen molar-refractivity contribution in [3.8, 4) is 11.5 Å². The fraction of sp³-hybridized carbons (Fsp3) is 0.462. The smallest absolute Gasteiger partial charge is 0.305 e. The first-order valence-electron chi connectivity index (χ1n) is 5.51. The maximum absolute atomic E-state index is 10.9. The molecule has 17 heavy (non-hydrogen) atoms. The van der Waals surface area contributed by atoms with Gasteiger partial charge in [-0.25, -0.2) is 0 Å². The van der Waals surface area contributed by atoms with Gasteiger partial charge in [0.25, 0.3) is 0 Å². The second kappa shape index (κ2) is 6.78. The molecule has 0 aromatic heterocycles. The predicted octanol–water partition coefficient (Wildman–Crippen LogP) is 2.34. The Hall–Kier alpha value is -1.71. The molecule has 1 aromatic rings. The number of ether oxygens (including phenoxy) is 3. The minimum Gasteiger partial charge on any atom is -0.493 e. The Morgan fingerprint density at radius 1 is 1.24 bits per heavy atom. The molecule has 0 bridgehead atoms. The van der Waals surface area contributed by atoms with E-state index in [-0.39, 0.29) is 5.97 Å². The van der Waals surface area contributed by atoms with E-state index in [2.05, 4.69) is 4.74 Å². The average Bonchev–Trinajstić information content (AvgIpc) is 2.35. The molecule has 0 spiro atoms. The van der Waals surface area contributed by atoms with E-state index in [9.17, 15) is 4.79 Å². The zero-order valence-electron chi connectivity index (χ0n) is 10.5. The van der Waals surface area contributed by atoms with Gasteiger partial charge in [-0.15, -0.1) is 0 Å². The molecule has 0 aliphatic heterocycles. The lowest BCUT2D eigenvalue weighted by atomic mass is 10.2. The van der Waals surface area contributed by atoms with Gasteiger partial charge in [-0.05, 0) is 31.0 Å². The maximum Gasteiger partial charge on any atom is 0.305 e. The molecule has 0 saturated carbocycles. The van der Waals surface area contributed by atoms with E-state index in [1.165, 1.54) is 7.11 Å². The highest BCUT2D eigenvalue weighted by Gasteiger charge is 2.05. The van der Waals surface area contributed by atoms with Gasteiger partial charge in [-0.2, -0.15) is 0 Å². The summed E-state index contributed by atoms with van der Waals surface area (Å²) in [4.78, 5) is 10.9. The summed E-state index contributed by atoms with van der Waals surface area (Å²) in [5.41, 5.74) is 1.11. The molecule has 0 fully saturated rings. The Balaban J connectivity index is 2.43. The highest BCUT2D eigenvalue weighted by atomic mass is 16.5. The van der Waals surface area contributed by atoms with Crippen LogP contribution in [-0.2, 0) is 9.53 Å². The SMILES string of the molecule is COC(=O)CCCOc1ccc(C)cc1OC. The van der Waals surface area contributed by atoms with E-state index in [0.29, 0.717) is 30.9 Å². The lowest BCUT2D eigenvalue weighted by molar-refractivity contribution is -0.140. The average molecular weight is 238 g/mol. The van der Waals surface area contributed by atoms with Crippen molar-refractivity contribution in [1.82, 2.24) is 0 Å². The van der Waals surface area contributed by atoms with Gasteiger partial charge in [0.05, 0.1) is 20.8 Å². The topological polar surface area (TPSA) is 44.8 Å². The summed E-state index contributed by atoms with van der Waals surface area (Å²) in [6.07, 6.45) is 0.994. The van der Waals surface area contributed by atoms with Crippen LogP contribution in [0.25, 0.3) is 0 Å². The van der Waals surface area contributed by atoms with Crippen molar-refractivity contribution < 1.29 is 19.0 Å². The first-order valence-corrected chi connectivity index (χ1v) is 5.51. The minimum atomic E-state index is -0.218. The number of esters is 1. The second-order valence-corrected chi connectivity index (χ2v) is 3.68. The number of carbonyl (C=O) groups excluding carboxylic acids is 1. The lowest BCUT2D eigenvalue weighted by Gasteiger charge is -2.10. The molecule has 4 nitrogen and oxygen atoms in total. The molecule has 1 rings (SSSR count). The van der Waals surface area contributed by atoms with Crippen molar-refractivity contribution in [3.05, 3.63) is 23.8 Å². The van der Waals surface area contributed by atoms with Crippen LogP contribution in [-0.4, -0.2) is 26.8 Å². The van der Waals surface area contributed by atoms with Gasteiger partial charge >= 0.3 is 5.97 Å². The van der Waals surface area contributed by atoms with E-state index < -0.39 is 0 Å². The van der Waals surface area contributed by atoms with Crippen LogP contribution in [0.3, 0.4) is 0 Å². The molecule has 94 valence electrons. The standard InChI is InChI=1S/C13H18O4/c1-10-6-7-11(12(9-10)15-2)17-8-4-5-13(14)16-3/h6-7,9H,4-5,8H2,1-3H3.